The van der Waals surface area contributed by atoms with Crippen LogP contribution in [0.5, 0.6) is 0 Å². The molecule has 1 rings (SSSR count). The lowest BCUT2D eigenvalue weighted by Gasteiger charge is -2.12. The van der Waals surface area contributed by atoms with Crippen LogP contribution in [0.4, 0.5) is 13.2 Å². The van der Waals surface area contributed by atoms with Crippen molar-refractivity contribution >= 4 is 0 Å². The number of hydrogen-bond acceptors (Lipinski definition) is 3. The van der Waals surface area contributed by atoms with Gasteiger partial charge in [-0.2, -0.15) is 18.4 Å². The van der Waals surface area contributed by atoms with E-state index in [1.54, 1.807) is 4.98 Å². The molecule has 0 spiro atoms. The molecule has 1 heterocycles. The van der Waals surface area contributed by atoms with E-state index in [-0.39, 0.29) is 30.6 Å². The maximum absolute atomic E-state index is 12.6. The highest BCUT2D eigenvalue weighted by atomic mass is 19.4. The minimum Gasteiger partial charge on any atom is -0.396 e. The second-order valence-electron chi connectivity index (χ2n) is 3.35. The molecule has 2 N–H and O–H groups in total. The van der Waals surface area contributed by atoms with E-state index in [0.717, 1.165) is 6.07 Å². The Kier molecular flexibility index (Phi) is 3.91. The lowest BCUT2D eigenvalue weighted by Crippen LogP contribution is -2.21. The zero-order valence-electron chi connectivity index (χ0n) is 8.64. The minimum absolute atomic E-state index is 0.0587. The summed E-state index contributed by atoms with van der Waals surface area (Å²) in [6.07, 6.45) is -4.62. The third-order valence-corrected chi connectivity index (χ3v) is 2.13. The van der Waals surface area contributed by atoms with Gasteiger partial charge in [0.25, 0.3) is 5.56 Å². The van der Waals surface area contributed by atoms with Crippen LogP contribution in [0.2, 0.25) is 0 Å². The van der Waals surface area contributed by atoms with Crippen molar-refractivity contribution in [2.75, 3.05) is 6.61 Å². The topological polar surface area (TPSA) is 76.9 Å². The first kappa shape index (κ1) is 13.3. The van der Waals surface area contributed by atoms with E-state index in [2.05, 4.69) is 0 Å². The van der Waals surface area contributed by atoms with E-state index in [1.165, 1.54) is 6.07 Å². The van der Waals surface area contributed by atoms with Crippen molar-refractivity contribution in [1.29, 1.82) is 5.26 Å². The first-order valence-electron chi connectivity index (χ1n) is 4.74. The Labute approximate surface area is 94.3 Å². The van der Waals surface area contributed by atoms with Gasteiger partial charge in [-0.15, -0.1) is 0 Å². The molecule has 0 bridgehead atoms. The van der Waals surface area contributed by atoms with Gasteiger partial charge in [-0.3, -0.25) is 4.79 Å². The minimum atomic E-state index is -4.68. The predicted molar refractivity (Wildman–Crippen MR) is 52.2 cm³/mol. The van der Waals surface area contributed by atoms with E-state index in [9.17, 15) is 18.0 Å². The molecule has 0 unspecified atom stereocenters. The number of aryl methyl sites for hydroxylation is 1. The third kappa shape index (κ3) is 3.07. The van der Waals surface area contributed by atoms with Crippen molar-refractivity contribution in [2.24, 2.45) is 0 Å². The van der Waals surface area contributed by atoms with Gasteiger partial charge in [0, 0.05) is 6.61 Å². The summed E-state index contributed by atoms with van der Waals surface area (Å²) in [5.74, 6) is 0. The highest BCUT2D eigenvalue weighted by Crippen LogP contribution is 2.30. The van der Waals surface area contributed by atoms with Crippen LogP contribution in [0.25, 0.3) is 0 Å². The van der Waals surface area contributed by atoms with Crippen molar-refractivity contribution in [3.05, 3.63) is 33.2 Å². The lowest BCUT2D eigenvalue weighted by molar-refractivity contribution is -0.142. The summed E-state index contributed by atoms with van der Waals surface area (Å²) in [7, 11) is 0. The molecule has 0 fully saturated rings. The van der Waals surface area contributed by atoms with Crippen molar-refractivity contribution in [3.8, 4) is 6.07 Å². The number of hydrogen-bond donors (Lipinski definition) is 2. The van der Waals surface area contributed by atoms with Crippen molar-refractivity contribution in [2.45, 2.75) is 19.0 Å². The molecular formula is C10H9F3N2O2. The predicted octanol–water partition coefficient (Wildman–Crippen LogP) is 1.19. The third-order valence-electron chi connectivity index (χ3n) is 2.13. The maximum Gasteiger partial charge on any atom is 0.431 e. The molecule has 92 valence electrons. The zero-order chi connectivity index (χ0) is 13.1. The summed E-state index contributed by atoms with van der Waals surface area (Å²) in [4.78, 5) is 12.8. The molecule has 1 aromatic heterocycles. The highest BCUT2D eigenvalue weighted by Gasteiger charge is 2.35. The van der Waals surface area contributed by atoms with Gasteiger partial charge in [-0.1, -0.05) is 0 Å². The Balaban J connectivity index is 3.32. The molecule has 0 saturated heterocycles. The van der Waals surface area contributed by atoms with E-state index in [4.69, 9.17) is 10.4 Å². The molecule has 0 aliphatic heterocycles. The number of aliphatic hydroxyl groups is 1. The molecule has 0 amide bonds. The van der Waals surface area contributed by atoms with Crippen LogP contribution in [0.15, 0.2) is 10.9 Å². The van der Waals surface area contributed by atoms with E-state index in [1.807, 2.05) is 0 Å². The molecule has 0 aromatic carbocycles. The van der Waals surface area contributed by atoms with E-state index < -0.39 is 17.4 Å². The fraction of sp³-hybridized carbons (Fsp3) is 0.400. The number of halogens is 3. The summed E-state index contributed by atoms with van der Waals surface area (Å²) in [6.45, 7) is -0.266. The first-order chi connectivity index (χ1) is 7.90. The molecule has 7 heteroatoms. The number of nitrogens with zero attached hydrogens (tertiary/aromatic N) is 1. The lowest BCUT2D eigenvalue weighted by atomic mass is 10.1. The number of nitriles is 1. The summed E-state index contributed by atoms with van der Waals surface area (Å²) >= 11 is 0. The largest absolute Gasteiger partial charge is 0.431 e. The van der Waals surface area contributed by atoms with Gasteiger partial charge in [0.15, 0.2) is 0 Å². The van der Waals surface area contributed by atoms with Crippen LogP contribution in [-0.4, -0.2) is 16.7 Å². The number of aromatic nitrogens is 1. The monoisotopic (exact) mass is 246 g/mol. The second kappa shape index (κ2) is 5.01. The summed E-state index contributed by atoms with van der Waals surface area (Å²) < 4.78 is 37.7. The van der Waals surface area contributed by atoms with Gasteiger partial charge >= 0.3 is 6.18 Å². The van der Waals surface area contributed by atoms with Gasteiger partial charge in [0.1, 0.15) is 17.3 Å². The van der Waals surface area contributed by atoms with Crippen LogP contribution in [0.3, 0.4) is 0 Å². The molecular weight excluding hydrogens is 237 g/mol. The average Bonchev–Trinajstić information content (AvgIpc) is 2.25. The number of aromatic amines is 1. The maximum atomic E-state index is 12.6. The SMILES string of the molecule is N#Cc1cc(CCCO)c(C(F)(F)F)[nH]c1=O. The molecule has 0 saturated carbocycles. The van der Waals surface area contributed by atoms with Crippen LogP contribution in [0, 0.1) is 11.3 Å². The summed E-state index contributed by atoms with van der Waals surface area (Å²) in [5, 5.41) is 17.1. The Morgan fingerprint density at radius 2 is 2.12 bits per heavy atom. The molecule has 4 nitrogen and oxygen atoms in total. The van der Waals surface area contributed by atoms with Crippen LogP contribution in [-0.2, 0) is 12.6 Å². The van der Waals surface area contributed by atoms with Gasteiger partial charge in [-0.25, -0.2) is 0 Å². The van der Waals surface area contributed by atoms with Crippen molar-refractivity contribution in [1.82, 2.24) is 4.98 Å². The van der Waals surface area contributed by atoms with Gasteiger partial charge in [0.05, 0.1) is 0 Å². The Morgan fingerprint density at radius 1 is 1.47 bits per heavy atom. The van der Waals surface area contributed by atoms with Crippen LogP contribution in [0.1, 0.15) is 23.2 Å². The summed E-state index contributed by atoms with van der Waals surface area (Å²) in [5.41, 5.74) is -2.78. The Bertz CT molecular complexity index is 500. The number of pyridine rings is 1. The normalized spacial score (nSPS) is 11.2. The van der Waals surface area contributed by atoms with Gasteiger partial charge < -0.3 is 10.1 Å². The highest BCUT2D eigenvalue weighted by molar-refractivity contribution is 5.34. The standard InChI is InChI=1S/C10H9F3N2O2/c11-10(12,13)8-6(2-1-3-16)4-7(5-14)9(17)15-8/h4,16H,1-3H2,(H,15,17). The number of nitrogens with one attached hydrogen (secondary N) is 1. The quantitative estimate of drug-likeness (QED) is 0.841. The average molecular weight is 246 g/mol. The smallest absolute Gasteiger partial charge is 0.396 e. The van der Waals surface area contributed by atoms with Crippen LogP contribution < -0.4 is 5.56 Å². The van der Waals surface area contributed by atoms with Gasteiger partial charge in [0.2, 0.25) is 0 Å². The van der Waals surface area contributed by atoms with Gasteiger partial charge in [-0.05, 0) is 24.5 Å². The number of rotatable bonds is 3. The Hall–Kier alpha value is -1.81. The first-order valence-corrected chi connectivity index (χ1v) is 4.74. The number of alkyl halides is 3. The van der Waals surface area contributed by atoms with Crippen molar-refractivity contribution < 1.29 is 18.3 Å². The fourth-order valence-electron chi connectivity index (χ4n) is 1.38. The molecule has 17 heavy (non-hydrogen) atoms. The Morgan fingerprint density at radius 3 is 2.59 bits per heavy atom. The summed E-state index contributed by atoms with van der Waals surface area (Å²) in [6, 6.07) is 2.43. The molecule has 1 aromatic rings. The van der Waals surface area contributed by atoms with Crippen molar-refractivity contribution in [3.63, 3.8) is 0 Å². The van der Waals surface area contributed by atoms with E-state index >= 15 is 0 Å². The van der Waals surface area contributed by atoms with Crippen LogP contribution >= 0.6 is 0 Å². The molecule has 0 atom stereocenters. The number of H-pyrrole nitrogens is 1. The molecule has 0 aliphatic carbocycles. The number of aliphatic hydroxyl groups excluding tert-OH is 1. The second-order valence-corrected chi connectivity index (χ2v) is 3.35. The molecule has 0 radical (unpaired) electrons. The zero-order valence-corrected chi connectivity index (χ0v) is 8.64. The molecule has 0 aliphatic rings. The fourth-order valence-corrected chi connectivity index (χ4v) is 1.38. The van der Waals surface area contributed by atoms with E-state index in [0.29, 0.717) is 0 Å².